The molecule has 37 heavy (non-hydrogen) atoms. The highest BCUT2D eigenvalue weighted by Gasteiger charge is 2.51. The Morgan fingerprint density at radius 2 is 2.05 bits per heavy atom. The molecule has 0 radical (unpaired) electrons. The van der Waals surface area contributed by atoms with Crippen LogP contribution in [-0.4, -0.2) is 57.7 Å². The molecule has 3 rings (SSSR count). The molecule has 200 valence electrons. The Hall–Kier alpha value is -2.81. The standard InChI is InChI=1S/C24H30N3O8PS/c1-14(2)33-23(30)16(4)13-36(31,35-17-9-7-6-8-10-17)32-12-18-20(28)19(25-5)22(34-18)27-11-15(3)21(29)26-24(27)37/h6-11,14,16,18-20,22,28H,12-13H2,1-4H3,(H,26,29,37)/t16-,18+,19-,20?,22+,36-/m1/s1/i12D2. The summed E-state index contributed by atoms with van der Waals surface area (Å²) in [4.78, 5) is 30.2. The van der Waals surface area contributed by atoms with E-state index in [9.17, 15) is 19.3 Å². The van der Waals surface area contributed by atoms with E-state index in [2.05, 4.69) is 9.83 Å². The van der Waals surface area contributed by atoms with E-state index in [1.54, 1.807) is 32.0 Å². The van der Waals surface area contributed by atoms with Crippen LogP contribution >= 0.6 is 19.8 Å². The molecular formula is C24H30N3O8PS. The molecule has 0 saturated carbocycles. The fourth-order valence-corrected chi connectivity index (χ4v) is 5.49. The van der Waals surface area contributed by atoms with Crippen molar-refractivity contribution in [2.24, 2.45) is 5.92 Å². The van der Waals surface area contributed by atoms with Gasteiger partial charge in [0.2, 0.25) is 6.23 Å². The molecule has 6 atom stereocenters. The second kappa shape index (κ2) is 12.2. The number of aromatic amines is 1. The lowest BCUT2D eigenvalue weighted by molar-refractivity contribution is -0.151. The van der Waals surface area contributed by atoms with Crippen LogP contribution in [0.2, 0.25) is 0 Å². The number of benzene rings is 1. The summed E-state index contributed by atoms with van der Waals surface area (Å²) in [5.41, 5.74) is -0.204. The normalized spacial score (nSPS) is 24.9. The summed E-state index contributed by atoms with van der Waals surface area (Å²) >= 11 is 5.18. The van der Waals surface area contributed by atoms with E-state index in [0.29, 0.717) is 0 Å². The van der Waals surface area contributed by atoms with Gasteiger partial charge in [-0.25, -0.2) is 11.1 Å². The molecule has 2 heterocycles. The number of nitrogens with one attached hydrogen (secondary N) is 1. The van der Waals surface area contributed by atoms with E-state index in [1.807, 2.05) is 0 Å². The van der Waals surface area contributed by atoms with Gasteiger partial charge in [-0.15, -0.1) is 0 Å². The first kappa shape index (κ1) is 25.8. The third-order valence-electron chi connectivity index (χ3n) is 5.35. The van der Waals surface area contributed by atoms with Crippen LogP contribution in [0.1, 0.15) is 35.3 Å². The first-order valence-electron chi connectivity index (χ1n) is 12.4. The SMILES string of the molecule is [2H]C([2H])(O[P@](=O)(C[C@@H](C)C(=O)OC(C)C)Oc1ccccc1)[C@@H]1O[C@H](n2cc(C)c(=O)[nH]c2=S)[C@H]([N+]#[C-])C1O. The van der Waals surface area contributed by atoms with Crippen LogP contribution in [-0.2, 0) is 23.4 Å². The lowest BCUT2D eigenvalue weighted by Crippen LogP contribution is -2.32. The molecule has 1 unspecified atom stereocenters. The maximum atomic E-state index is 13.9. The van der Waals surface area contributed by atoms with Crippen LogP contribution in [0.3, 0.4) is 0 Å². The Balaban J connectivity index is 1.94. The minimum Gasteiger partial charge on any atom is -0.463 e. The lowest BCUT2D eigenvalue weighted by Gasteiger charge is -2.24. The molecule has 2 aromatic rings. The zero-order valence-corrected chi connectivity index (χ0v) is 22.4. The van der Waals surface area contributed by atoms with Crippen LogP contribution in [0.25, 0.3) is 4.85 Å². The number of aliphatic hydroxyl groups excluding tert-OH is 1. The Kier molecular flexibility index (Phi) is 8.48. The highest BCUT2D eigenvalue weighted by atomic mass is 32.1. The highest BCUT2D eigenvalue weighted by Crippen LogP contribution is 2.50. The average molecular weight is 554 g/mol. The monoisotopic (exact) mass is 553 g/mol. The number of hydrogen-bond acceptors (Lipinski definition) is 9. The van der Waals surface area contributed by atoms with Crippen molar-refractivity contribution in [3.63, 3.8) is 0 Å². The van der Waals surface area contributed by atoms with E-state index in [1.165, 1.54) is 36.7 Å². The largest absolute Gasteiger partial charge is 0.463 e. The number of para-hydroxylation sites is 1. The van der Waals surface area contributed by atoms with Crippen LogP contribution in [0.15, 0.2) is 41.3 Å². The van der Waals surface area contributed by atoms with Crippen molar-refractivity contribution < 1.29 is 35.7 Å². The maximum Gasteiger partial charge on any atom is 0.380 e. The van der Waals surface area contributed by atoms with Gasteiger partial charge in [-0.1, -0.05) is 25.1 Å². The maximum absolute atomic E-state index is 13.9. The summed E-state index contributed by atoms with van der Waals surface area (Å²) in [6.45, 7) is 10.8. The fraction of sp³-hybridized carbons (Fsp3) is 0.500. The molecule has 1 fully saturated rings. The number of aryl methyl sites for hydroxylation is 1. The number of aromatic nitrogens is 2. The molecule has 1 saturated heterocycles. The van der Waals surface area contributed by atoms with Crippen LogP contribution < -0.4 is 10.1 Å². The summed E-state index contributed by atoms with van der Waals surface area (Å²) in [5.74, 6) is -1.58. The van der Waals surface area contributed by atoms with Crippen LogP contribution in [0.4, 0.5) is 0 Å². The van der Waals surface area contributed by atoms with Gasteiger partial charge in [0.05, 0.1) is 27.5 Å². The summed E-state index contributed by atoms with van der Waals surface area (Å²) in [5, 5.41) is 10.9. The molecule has 0 aliphatic carbocycles. The van der Waals surface area contributed by atoms with Gasteiger partial charge in [-0.2, -0.15) is 0 Å². The molecule has 1 aromatic carbocycles. The summed E-state index contributed by atoms with van der Waals surface area (Å²) < 4.78 is 54.2. The Bertz CT molecular complexity index is 1390. The van der Waals surface area contributed by atoms with Gasteiger partial charge in [-0.3, -0.25) is 23.7 Å². The quantitative estimate of drug-likeness (QED) is 0.196. The third-order valence-corrected chi connectivity index (χ3v) is 7.54. The van der Waals surface area contributed by atoms with Crippen molar-refractivity contribution in [1.29, 1.82) is 0 Å². The molecule has 0 amide bonds. The van der Waals surface area contributed by atoms with Gasteiger partial charge in [0.15, 0.2) is 10.9 Å². The fourth-order valence-electron chi connectivity index (χ4n) is 3.53. The number of esters is 1. The summed E-state index contributed by atoms with van der Waals surface area (Å²) in [6, 6.07) is 6.52. The molecule has 2 N–H and O–H groups in total. The van der Waals surface area contributed by atoms with Crippen molar-refractivity contribution in [3.05, 3.63) is 68.6 Å². The molecule has 13 heteroatoms. The van der Waals surface area contributed by atoms with Crippen molar-refractivity contribution >= 4 is 25.8 Å². The first-order valence-corrected chi connectivity index (χ1v) is 13.6. The van der Waals surface area contributed by atoms with Crippen molar-refractivity contribution in [2.75, 3.05) is 12.7 Å². The smallest absolute Gasteiger partial charge is 0.380 e. The third kappa shape index (κ3) is 7.15. The van der Waals surface area contributed by atoms with Crippen molar-refractivity contribution in [1.82, 2.24) is 9.55 Å². The summed E-state index contributed by atoms with van der Waals surface area (Å²) in [6.07, 6.45) is -4.50. The number of ether oxygens (including phenoxy) is 2. The van der Waals surface area contributed by atoms with Gasteiger partial charge in [0.25, 0.3) is 11.6 Å². The van der Waals surface area contributed by atoms with E-state index in [0.717, 1.165) is 0 Å². The zero-order valence-electron chi connectivity index (χ0n) is 22.7. The number of hydrogen-bond donors (Lipinski definition) is 2. The molecule has 1 aromatic heterocycles. The Labute approximate surface area is 222 Å². The molecule has 11 nitrogen and oxygen atoms in total. The lowest BCUT2D eigenvalue weighted by atomic mass is 10.1. The van der Waals surface area contributed by atoms with E-state index < -0.39 is 68.3 Å². The predicted molar refractivity (Wildman–Crippen MR) is 137 cm³/mol. The molecule has 0 bridgehead atoms. The Morgan fingerprint density at radius 3 is 2.68 bits per heavy atom. The van der Waals surface area contributed by atoms with Gasteiger partial charge >= 0.3 is 13.6 Å². The van der Waals surface area contributed by atoms with Gasteiger partial charge < -0.3 is 23.9 Å². The highest BCUT2D eigenvalue weighted by molar-refractivity contribution is 7.71. The Morgan fingerprint density at radius 1 is 1.38 bits per heavy atom. The molecule has 0 spiro atoms. The topological polar surface area (TPSA) is 133 Å². The average Bonchev–Trinajstić information content (AvgIpc) is 3.17. The second-order valence-electron chi connectivity index (χ2n) is 8.83. The van der Waals surface area contributed by atoms with Crippen molar-refractivity contribution in [2.45, 2.75) is 58.3 Å². The minimum absolute atomic E-state index is 0.0980. The van der Waals surface area contributed by atoms with E-state index in [-0.39, 0.29) is 16.1 Å². The number of rotatable bonds is 10. The van der Waals surface area contributed by atoms with Gasteiger partial charge in [0.1, 0.15) is 11.9 Å². The molecular weight excluding hydrogens is 521 g/mol. The first-order chi connectivity index (χ1) is 18.2. The number of aliphatic hydroxyl groups is 1. The molecule has 1 aliphatic heterocycles. The van der Waals surface area contributed by atoms with E-state index in [4.69, 9.17) is 40.1 Å². The van der Waals surface area contributed by atoms with Crippen molar-refractivity contribution in [3.8, 4) is 5.75 Å². The van der Waals surface area contributed by atoms with Crippen LogP contribution in [0, 0.1) is 24.2 Å². The number of carbonyl (C=O) groups excluding carboxylic acids is 1. The number of nitrogens with zero attached hydrogens (tertiary/aromatic N) is 2. The van der Waals surface area contributed by atoms with Crippen LogP contribution in [0.5, 0.6) is 5.75 Å². The van der Waals surface area contributed by atoms with E-state index >= 15 is 0 Å². The number of H-pyrrole nitrogens is 1. The number of carbonyl (C=O) groups is 1. The predicted octanol–water partition coefficient (Wildman–Crippen LogP) is 3.64. The molecule has 1 aliphatic rings. The van der Waals surface area contributed by atoms with Gasteiger partial charge in [-0.05, 0) is 45.1 Å². The minimum atomic E-state index is -4.46. The summed E-state index contributed by atoms with van der Waals surface area (Å²) in [7, 11) is -4.46. The zero-order chi connectivity index (χ0) is 29.1. The van der Waals surface area contributed by atoms with Gasteiger partial charge in [0, 0.05) is 11.8 Å². The second-order valence-corrected chi connectivity index (χ2v) is 11.2.